The molecule has 1 N–H and O–H groups in total. The zero-order valence-corrected chi connectivity index (χ0v) is 8.39. The number of carboxylic acid groups (broad SMARTS) is 1. The Balaban J connectivity index is 2.00. The predicted molar refractivity (Wildman–Crippen MR) is 53.5 cm³/mol. The van der Waals surface area contributed by atoms with Gasteiger partial charge in [0.15, 0.2) is 0 Å². The van der Waals surface area contributed by atoms with Crippen molar-refractivity contribution in [2.75, 3.05) is 13.1 Å². The summed E-state index contributed by atoms with van der Waals surface area (Å²) in [5.41, 5.74) is 0.139. The maximum atomic E-state index is 10.6. The minimum absolute atomic E-state index is 0.139. The van der Waals surface area contributed by atoms with E-state index < -0.39 is 5.97 Å². The first-order chi connectivity index (χ1) is 7.25. The summed E-state index contributed by atoms with van der Waals surface area (Å²) in [6.45, 7) is 2.90. The van der Waals surface area contributed by atoms with Crippen molar-refractivity contribution in [3.8, 4) is 0 Å². The van der Waals surface area contributed by atoms with E-state index in [1.165, 1.54) is 25.2 Å². The molecular weight excluding hydrogens is 194 g/mol. The van der Waals surface area contributed by atoms with Crippen molar-refractivity contribution in [3.05, 3.63) is 23.8 Å². The van der Waals surface area contributed by atoms with Crippen LogP contribution in [0.5, 0.6) is 0 Å². The van der Waals surface area contributed by atoms with Crippen molar-refractivity contribution in [2.24, 2.45) is 0 Å². The van der Waals surface area contributed by atoms with Crippen molar-refractivity contribution < 1.29 is 9.90 Å². The molecule has 1 aromatic heterocycles. The maximum absolute atomic E-state index is 10.6. The SMILES string of the molecule is O=C(O)c1cnc(CN2CCCC2)nc1. The molecule has 5 heteroatoms. The van der Waals surface area contributed by atoms with Crippen LogP contribution in [0.1, 0.15) is 29.0 Å². The molecule has 1 saturated heterocycles. The monoisotopic (exact) mass is 207 g/mol. The molecule has 0 saturated carbocycles. The predicted octanol–water partition coefficient (Wildman–Crippen LogP) is 0.771. The average Bonchev–Trinajstić information content (AvgIpc) is 2.71. The van der Waals surface area contributed by atoms with Crippen LogP contribution in [0.4, 0.5) is 0 Å². The van der Waals surface area contributed by atoms with Gasteiger partial charge in [0, 0.05) is 12.4 Å². The van der Waals surface area contributed by atoms with E-state index in [4.69, 9.17) is 5.11 Å². The Labute approximate surface area is 87.8 Å². The highest BCUT2D eigenvalue weighted by Crippen LogP contribution is 2.09. The van der Waals surface area contributed by atoms with Gasteiger partial charge in [-0.05, 0) is 25.9 Å². The fourth-order valence-electron chi connectivity index (χ4n) is 1.69. The zero-order chi connectivity index (χ0) is 10.7. The van der Waals surface area contributed by atoms with E-state index in [2.05, 4.69) is 14.9 Å². The average molecular weight is 207 g/mol. The van der Waals surface area contributed by atoms with Crippen molar-refractivity contribution in [2.45, 2.75) is 19.4 Å². The molecule has 1 aliphatic rings. The molecule has 2 heterocycles. The molecule has 0 bridgehead atoms. The van der Waals surface area contributed by atoms with Gasteiger partial charge < -0.3 is 5.11 Å². The van der Waals surface area contributed by atoms with E-state index in [0.29, 0.717) is 5.82 Å². The standard InChI is InChI=1S/C10H13N3O2/c14-10(15)8-5-11-9(12-6-8)7-13-3-1-2-4-13/h5-6H,1-4,7H2,(H,14,15). The Morgan fingerprint density at radius 3 is 2.47 bits per heavy atom. The normalized spacial score (nSPS) is 16.8. The number of hydrogen-bond donors (Lipinski definition) is 1. The van der Waals surface area contributed by atoms with Gasteiger partial charge in [-0.3, -0.25) is 4.90 Å². The number of rotatable bonds is 3. The second-order valence-electron chi connectivity index (χ2n) is 3.68. The number of carboxylic acids is 1. The molecule has 15 heavy (non-hydrogen) atoms. The first kappa shape index (κ1) is 10.0. The minimum Gasteiger partial charge on any atom is -0.478 e. The summed E-state index contributed by atoms with van der Waals surface area (Å²) >= 11 is 0. The lowest BCUT2D eigenvalue weighted by molar-refractivity contribution is 0.0696. The second kappa shape index (κ2) is 4.35. The van der Waals surface area contributed by atoms with Gasteiger partial charge in [-0.1, -0.05) is 0 Å². The van der Waals surface area contributed by atoms with Crippen LogP contribution in [-0.2, 0) is 6.54 Å². The molecule has 0 unspecified atom stereocenters. The van der Waals surface area contributed by atoms with Crippen LogP contribution in [-0.4, -0.2) is 39.0 Å². The fourth-order valence-corrected chi connectivity index (χ4v) is 1.69. The maximum Gasteiger partial charge on any atom is 0.338 e. The van der Waals surface area contributed by atoms with E-state index in [-0.39, 0.29) is 5.56 Å². The third-order valence-electron chi connectivity index (χ3n) is 2.52. The van der Waals surface area contributed by atoms with Crippen molar-refractivity contribution >= 4 is 5.97 Å². The van der Waals surface area contributed by atoms with Crippen LogP contribution in [0, 0.1) is 0 Å². The summed E-state index contributed by atoms with van der Waals surface area (Å²) in [5, 5.41) is 8.67. The molecule has 0 aromatic carbocycles. The highest BCUT2D eigenvalue weighted by molar-refractivity contribution is 5.86. The van der Waals surface area contributed by atoms with Crippen LogP contribution in [0.25, 0.3) is 0 Å². The molecule has 0 amide bonds. The summed E-state index contributed by atoms with van der Waals surface area (Å²) in [6, 6.07) is 0. The number of carbonyl (C=O) groups is 1. The van der Waals surface area contributed by atoms with Crippen molar-refractivity contribution in [1.29, 1.82) is 0 Å². The highest BCUT2D eigenvalue weighted by atomic mass is 16.4. The number of hydrogen-bond acceptors (Lipinski definition) is 4. The zero-order valence-electron chi connectivity index (χ0n) is 8.39. The van der Waals surface area contributed by atoms with Gasteiger partial charge in [0.05, 0.1) is 12.1 Å². The Bertz CT molecular complexity index is 344. The summed E-state index contributed by atoms with van der Waals surface area (Å²) < 4.78 is 0. The molecule has 2 rings (SSSR count). The number of aromatic carboxylic acids is 1. The first-order valence-electron chi connectivity index (χ1n) is 5.02. The Hall–Kier alpha value is -1.49. The molecule has 1 aliphatic heterocycles. The summed E-state index contributed by atoms with van der Waals surface area (Å²) in [4.78, 5) is 20.9. The fraction of sp³-hybridized carbons (Fsp3) is 0.500. The summed E-state index contributed by atoms with van der Waals surface area (Å²) in [7, 11) is 0. The van der Waals surface area contributed by atoms with E-state index >= 15 is 0 Å². The van der Waals surface area contributed by atoms with Gasteiger partial charge in [0.2, 0.25) is 0 Å². The molecule has 1 aromatic rings. The topological polar surface area (TPSA) is 66.3 Å². The number of likely N-dealkylation sites (tertiary alicyclic amines) is 1. The lowest BCUT2D eigenvalue weighted by Crippen LogP contribution is -2.20. The van der Waals surface area contributed by atoms with Crippen LogP contribution < -0.4 is 0 Å². The van der Waals surface area contributed by atoms with E-state index in [1.807, 2.05) is 0 Å². The van der Waals surface area contributed by atoms with Crippen molar-refractivity contribution in [1.82, 2.24) is 14.9 Å². The summed E-state index contributed by atoms with van der Waals surface area (Å²) in [6.07, 6.45) is 5.18. The Morgan fingerprint density at radius 1 is 1.33 bits per heavy atom. The molecule has 5 nitrogen and oxygen atoms in total. The molecule has 80 valence electrons. The third-order valence-corrected chi connectivity index (χ3v) is 2.52. The van der Waals surface area contributed by atoms with Gasteiger partial charge in [-0.25, -0.2) is 14.8 Å². The molecule has 0 aliphatic carbocycles. The van der Waals surface area contributed by atoms with Gasteiger partial charge in [0.1, 0.15) is 5.82 Å². The van der Waals surface area contributed by atoms with Gasteiger partial charge in [0.25, 0.3) is 0 Å². The first-order valence-corrected chi connectivity index (χ1v) is 5.02. The van der Waals surface area contributed by atoms with E-state index in [0.717, 1.165) is 19.6 Å². The van der Waals surface area contributed by atoms with Gasteiger partial charge in [-0.15, -0.1) is 0 Å². The molecule has 0 atom stereocenters. The molecule has 0 radical (unpaired) electrons. The van der Waals surface area contributed by atoms with Crippen LogP contribution in [0.15, 0.2) is 12.4 Å². The summed E-state index contributed by atoms with van der Waals surface area (Å²) in [5.74, 6) is -0.287. The minimum atomic E-state index is -0.984. The van der Waals surface area contributed by atoms with Gasteiger partial charge in [-0.2, -0.15) is 0 Å². The highest BCUT2D eigenvalue weighted by Gasteiger charge is 2.13. The number of aromatic nitrogens is 2. The van der Waals surface area contributed by atoms with Gasteiger partial charge >= 0.3 is 5.97 Å². The van der Waals surface area contributed by atoms with Crippen LogP contribution in [0.3, 0.4) is 0 Å². The lowest BCUT2D eigenvalue weighted by Gasteiger charge is -2.12. The molecular formula is C10H13N3O2. The lowest BCUT2D eigenvalue weighted by atomic mass is 10.3. The largest absolute Gasteiger partial charge is 0.478 e. The third kappa shape index (κ3) is 2.50. The quantitative estimate of drug-likeness (QED) is 0.793. The van der Waals surface area contributed by atoms with Crippen LogP contribution >= 0.6 is 0 Å². The second-order valence-corrected chi connectivity index (χ2v) is 3.68. The Morgan fingerprint density at radius 2 is 1.93 bits per heavy atom. The smallest absolute Gasteiger partial charge is 0.338 e. The van der Waals surface area contributed by atoms with E-state index in [9.17, 15) is 4.79 Å². The van der Waals surface area contributed by atoms with Crippen molar-refractivity contribution in [3.63, 3.8) is 0 Å². The number of nitrogens with zero attached hydrogens (tertiary/aromatic N) is 3. The molecule has 1 fully saturated rings. The Kier molecular flexibility index (Phi) is 2.91. The molecule has 0 spiro atoms. The van der Waals surface area contributed by atoms with E-state index in [1.54, 1.807) is 0 Å². The van der Waals surface area contributed by atoms with Crippen LogP contribution in [0.2, 0.25) is 0 Å².